The monoisotopic (exact) mass is 394 g/mol. The normalized spacial score (nSPS) is 14.7. The van der Waals surface area contributed by atoms with Crippen molar-refractivity contribution >= 4 is 5.65 Å². The van der Waals surface area contributed by atoms with Crippen molar-refractivity contribution in [3.63, 3.8) is 0 Å². The van der Waals surface area contributed by atoms with Gasteiger partial charge in [0.25, 0.3) is 0 Å². The molecule has 4 aromatic heterocycles. The zero-order chi connectivity index (χ0) is 20.1. The van der Waals surface area contributed by atoms with Gasteiger partial charge in [0.2, 0.25) is 5.88 Å². The highest BCUT2D eigenvalue weighted by Crippen LogP contribution is 2.48. The van der Waals surface area contributed by atoms with Gasteiger partial charge in [-0.25, -0.2) is 14.5 Å². The highest BCUT2D eigenvalue weighted by Gasteiger charge is 2.33. The summed E-state index contributed by atoms with van der Waals surface area (Å²) in [6.07, 6.45) is 8.55. The van der Waals surface area contributed by atoms with E-state index in [2.05, 4.69) is 20.1 Å². The second kappa shape index (κ2) is 6.35. The molecule has 1 aromatic carbocycles. The Morgan fingerprint density at radius 3 is 2.73 bits per heavy atom. The quantitative estimate of drug-likeness (QED) is 0.479. The third-order valence-corrected chi connectivity index (χ3v) is 5.15. The van der Waals surface area contributed by atoms with Crippen molar-refractivity contribution in [2.24, 2.45) is 0 Å². The molecule has 0 saturated carbocycles. The average molecular weight is 394 g/mol. The fourth-order valence-electron chi connectivity index (χ4n) is 3.82. The van der Waals surface area contributed by atoms with Gasteiger partial charge in [-0.2, -0.15) is 0 Å². The molecule has 6 rings (SSSR count). The van der Waals surface area contributed by atoms with Crippen LogP contribution in [0.2, 0.25) is 0 Å². The molecule has 0 unspecified atom stereocenters. The van der Waals surface area contributed by atoms with Crippen molar-refractivity contribution in [3.8, 4) is 28.8 Å². The van der Waals surface area contributed by atoms with Gasteiger partial charge in [-0.05, 0) is 29.8 Å². The minimum atomic E-state index is -0.219. The molecule has 1 atom stereocenters. The number of ether oxygens (including phenoxy) is 1. The van der Waals surface area contributed by atoms with Crippen LogP contribution in [0.25, 0.3) is 17.0 Å². The molecule has 8 heteroatoms. The van der Waals surface area contributed by atoms with Crippen molar-refractivity contribution < 1.29 is 9.84 Å². The summed E-state index contributed by atoms with van der Waals surface area (Å²) in [5.74, 6) is 1.48. The Balaban J connectivity index is 1.63. The molecule has 0 amide bonds. The molecule has 0 saturated heterocycles. The van der Waals surface area contributed by atoms with E-state index in [9.17, 15) is 5.11 Å². The molecule has 1 N–H and O–H groups in total. The van der Waals surface area contributed by atoms with E-state index in [1.165, 1.54) is 0 Å². The minimum absolute atomic E-state index is 0.130. The van der Waals surface area contributed by atoms with E-state index >= 15 is 0 Å². The minimum Gasteiger partial charge on any atom is -0.508 e. The van der Waals surface area contributed by atoms with Gasteiger partial charge < -0.3 is 9.84 Å². The lowest BCUT2D eigenvalue weighted by molar-refractivity contribution is 0.422. The number of aromatic hydroxyl groups is 1. The summed E-state index contributed by atoms with van der Waals surface area (Å²) in [6, 6.07) is 12.7. The maximum absolute atomic E-state index is 9.95. The Hall–Kier alpha value is -4.33. The summed E-state index contributed by atoms with van der Waals surface area (Å²) in [7, 11) is 0. The Kier molecular flexibility index (Phi) is 3.51. The second-order valence-corrected chi connectivity index (χ2v) is 6.95. The SMILES string of the molecule is Oc1ccc2c(c1)Oc1ncn3nc(-c4ccncc4)nc3c1[C@@H]2c1cccnc1. The number of rotatable bonds is 2. The molecule has 0 spiro atoms. The van der Waals surface area contributed by atoms with E-state index in [0.29, 0.717) is 23.1 Å². The zero-order valence-corrected chi connectivity index (χ0v) is 15.5. The van der Waals surface area contributed by atoms with Crippen LogP contribution in [0.1, 0.15) is 22.6 Å². The smallest absolute Gasteiger partial charge is 0.228 e. The molecular formula is C22H14N6O2. The number of benzene rings is 1. The number of aromatic nitrogens is 6. The molecular weight excluding hydrogens is 380 g/mol. The number of phenolic OH excluding ortho intramolecular Hbond substituents is 1. The highest BCUT2D eigenvalue weighted by molar-refractivity contribution is 5.68. The number of phenols is 1. The van der Waals surface area contributed by atoms with Gasteiger partial charge in [-0.15, -0.1) is 5.10 Å². The van der Waals surface area contributed by atoms with Crippen LogP contribution in [-0.2, 0) is 0 Å². The van der Waals surface area contributed by atoms with Gasteiger partial charge in [-0.1, -0.05) is 12.1 Å². The topological polar surface area (TPSA) is 98.3 Å². The molecule has 0 bridgehead atoms. The molecule has 8 nitrogen and oxygen atoms in total. The van der Waals surface area contributed by atoms with Gasteiger partial charge in [0.05, 0.1) is 5.56 Å². The van der Waals surface area contributed by atoms with Gasteiger partial charge in [0.15, 0.2) is 11.5 Å². The number of hydrogen-bond donors (Lipinski definition) is 1. The van der Waals surface area contributed by atoms with Crippen LogP contribution in [0.5, 0.6) is 17.4 Å². The number of pyridine rings is 2. The van der Waals surface area contributed by atoms with Crippen molar-refractivity contribution in [3.05, 3.63) is 90.3 Å². The van der Waals surface area contributed by atoms with Gasteiger partial charge in [0, 0.05) is 47.9 Å². The molecule has 0 radical (unpaired) electrons. The highest BCUT2D eigenvalue weighted by atomic mass is 16.5. The van der Waals surface area contributed by atoms with Gasteiger partial charge in [-0.3, -0.25) is 9.97 Å². The van der Waals surface area contributed by atoms with E-state index in [1.807, 2.05) is 36.5 Å². The first-order valence-corrected chi connectivity index (χ1v) is 9.34. The first-order chi connectivity index (χ1) is 14.8. The fourth-order valence-corrected chi connectivity index (χ4v) is 3.82. The van der Waals surface area contributed by atoms with Crippen LogP contribution < -0.4 is 4.74 Å². The summed E-state index contributed by atoms with van der Waals surface area (Å²) in [5.41, 5.74) is 4.19. The first-order valence-electron chi connectivity index (χ1n) is 9.34. The van der Waals surface area contributed by atoms with E-state index in [-0.39, 0.29) is 11.7 Å². The predicted octanol–water partition coefficient (Wildman–Crippen LogP) is 3.57. The third kappa shape index (κ3) is 2.51. The van der Waals surface area contributed by atoms with Crippen LogP contribution in [0.15, 0.2) is 73.6 Å². The van der Waals surface area contributed by atoms with Crippen LogP contribution >= 0.6 is 0 Å². The summed E-state index contributed by atoms with van der Waals surface area (Å²) >= 11 is 0. The average Bonchev–Trinajstić information content (AvgIpc) is 3.23. The van der Waals surface area contributed by atoms with Crippen molar-refractivity contribution in [1.82, 2.24) is 29.5 Å². The van der Waals surface area contributed by atoms with Gasteiger partial charge in [0.1, 0.15) is 17.8 Å². The van der Waals surface area contributed by atoms with Crippen LogP contribution in [0.4, 0.5) is 0 Å². The number of hydrogen-bond acceptors (Lipinski definition) is 7. The largest absolute Gasteiger partial charge is 0.508 e. The molecule has 0 fully saturated rings. The lowest BCUT2D eigenvalue weighted by Crippen LogP contribution is -2.15. The zero-order valence-electron chi connectivity index (χ0n) is 15.5. The van der Waals surface area contributed by atoms with E-state index in [0.717, 1.165) is 22.3 Å². The molecule has 144 valence electrons. The molecule has 30 heavy (non-hydrogen) atoms. The van der Waals surface area contributed by atoms with Gasteiger partial charge >= 0.3 is 0 Å². The molecule has 1 aliphatic heterocycles. The van der Waals surface area contributed by atoms with E-state index in [4.69, 9.17) is 9.72 Å². The van der Waals surface area contributed by atoms with Crippen LogP contribution in [0, 0.1) is 0 Å². The van der Waals surface area contributed by atoms with E-state index < -0.39 is 0 Å². The van der Waals surface area contributed by atoms with Crippen LogP contribution in [0.3, 0.4) is 0 Å². The maximum Gasteiger partial charge on any atom is 0.228 e. The second-order valence-electron chi connectivity index (χ2n) is 6.95. The molecule has 1 aliphatic rings. The molecule has 5 aromatic rings. The lowest BCUT2D eigenvalue weighted by atomic mass is 9.84. The number of fused-ring (bicyclic) bond motifs is 4. The van der Waals surface area contributed by atoms with E-state index in [1.54, 1.807) is 41.6 Å². The Morgan fingerprint density at radius 2 is 1.90 bits per heavy atom. The predicted molar refractivity (Wildman–Crippen MR) is 107 cm³/mol. The summed E-state index contributed by atoms with van der Waals surface area (Å²) < 4.78 is 7.71. The Morgan fingerprint density at radius 1 is 1.00 bits per heavy atom. The lowest BCUT2D eigenvalue weighted by Gasteiger charge is -2.27. The van der Waals surface area contributed by atoms with Crippen molar-refractivity contribution in [2.45, 2.75) is 5.92 Å². The van der Waals surface area contributed by atoms with Crippen molar-refractivity contribution in [2.75, 3.05) is 0 Å². The summed E-state index contributed by atoms with van der Waals surface area (Å²) in [6.45, 7) is 0. The fraction of sp³-hybridized carbons (Fsp3) is 0.0455. The number of nitrogens with zero attached hydrogens (tertiary/aromatic N) is 6. The Labute approximate surface area is 170 Å². The maximum atomic E-state index is 9.95. The summed E-state index contributed by atoms with van der Waals surface area (Å²) in [5, 5.41) is 14.5. The molecule has 0 aliphatic carbocycles. The Bertz CT molecular complexity index is 1390. The van der Waals surface area contributed by atoms with Crippen LogP contribution in [-0.4, -0.2) is 34.7 Å². The van der Waals surface area contributed by atoms with Crippen molar-refractivity contribution in [1.29, 1.82) is 0 Å². The first kappa shape index (κ1) is 16.6. The summed E-state index contributed by atoms with van der Waals surface area (Å²) in [4.78, 5) is 17.6. The third-order valence-electron chi connectivity index (χ3n) is 5.15. The standard InChI is InChI=1S/C22H14N6O2/c29-15-3-4-16-17(10-15)30-22-19(18(16)14-2-1-7-24-11-14)21-26-20(27-28(21)12-25-22)13-5-8-23-9-6-13/h1-12,18,29H/t18-/m1/s1. The molecule has 5 heterocycles.